The summed E-state index contributed by atoms with van der Waals surface area (Å²) in [6.45, 7) is 5.24. The third-order valence-electron chi connectivity index (χ3n) is 4.07. The number of nitrogens with zero attached hydrogens (tertiary/aromatic N) is 1. The van der Waals surface area contributed by atoms with Crippen molar-refractivity contribution < 1.29 is 9.18 Å². The highest BCUT2D eigenvalue weighted by Crippen LogP contribution is 2.25. The van der Waals surface area contributed by atoms with Gasteiger partial charge in [-0.25, -0.2) is 4.39 Å². The molecule has 2 aromatic carbocycles. The lowest BCUT2D eigenvalue weighted by Crippen LogP contribution is -2.02. The van der Waals surface area contributed by atoms with Gasteiger partial charge in [0, 0.05) is 34.8 Å². The van der Waals surface area contributed by atoms with Crippen LogP contribution in [-0.2, 0) is 6.54 Å². The largest absolute Gasteiger partial charge is 0.347 e. The Balaban J connectivity index is 2.05. The van der Waals surface area contributed by atoms with Crippen LogP contribution in [0.15, 0.2) is 54.7 Å². The number of carbonyl (C=O) groups excluding carboxylic acids is 1. The lowest BCUT2D eigenvalue weighted by molar-refractivity contribution is 0.103. The molecule has 0 saturated heterocycles. The number of fused-ring (bicyclic) bond motifs is 1. The lowest BCUT2D eigenvalue weighted by atomic mass is 10.0. The van der Waals surface area contributed by atoms with Gasteiger partial charge in [-0.2, -0.15) is 0 Å². The van der Waals surface area contributed by atoms with E-state index in [0.29, 0.717) is 17.0 Å². The fraction of sp³-hybridized carbons (Fsp3) is 0.250. The second-order valence-corrected chi connectivity index (χ2v) is 6.28. The van der Waals surface area contributed by atoms with Gasteiger partial charge in [-0.15, -0.1) is 0 Å². The summed E-state index contributed by atoms with van der Waals surface area (Å²) in [5.41, 5.74) is 2.07. The van der Waals surface area contributed by atoms with E-state index in [0.717, 1.165) is 23.9 Å². The maximum absolute atomic E-state index is 13.4. The van der Waals surface area contributed by atoms with Crippen molar-refractivity contribution >= 4 is 16.7 Å². The van der Waals surface area contributed by atoms with E-state index in [1.807, 2.05) is 30.5 Å². The minimum absolute atomic E-state index is 0.135. The Bertz CT molecular complexity index is 848. The molecule has 0 saturated carbocycles. The lowest BCUT2D eigenvalue weighted by Gasteiger charge is -2.07. The molecule has 0 radical (unpaired) electrons. The average Bonchev–Trinajstić information content (AvgIpc) is 2.91. The fourth-order valence-corrected chi connectivity index (χ4v) is 2.80. The topological polar surface area (TPSA) is 22.0 Å². The third-order valence-corrected chi connectivity index (χ3v) is 4.07. The Morgan fingerprint density at radius 2 is 1.91 bits per heavy atom. The smallest absolute Gasteiger partial charge is 0.195 e. The molecule has 0 unspecified atom stereocenters. The van der Waals surface area contributed by atoms with Gasteiger partial charge in [-0.3, -0.25) is 4.79 Å². The van der Waals surface area contributed by atoms with Gasteiger partial charge < -0.3 is 4.57 Å². The van der Waals surface area contributed by atoms with Gasteiger partial charge in [0.1, 0.15) is 5.82 Å². The molecule has 3 aromatic rings. The van der Waals surface area contributed by atoms with Crippen molar-refractivity contribution in [2.24, 2.45) is 5.92 Å². The monoisotopic (exact) mass is 309 g/mol. The zero-order valence-corrected chi connectivity index (χ0v) is 13.4. The van der Waals surface area contributed by atoms with E-state index in [4.69, 9.17) is 0 Å². The van der Waals surface area contributed by atoms with Crippen LogP contribution in [-0.4, -0.2) is 10.4 Å². The molecule has 0 N–H and O–H groups in total. The predicted molar refractivity (Wildman–Crippen MR) is 91.2 cm³/mol. The Morgan fingerprint density at radius 3 is 2.65 bits per heavy atom. The molecular weight excluding hydrogens is 289 g/mol. The van der Waals surface area contributed by atoms with Crippen molar-refractivity contribution in [2.45, 2.75) is 26.8 Å². The molecule has 0 bridgehead atoms. The predicted octanol–water partition coefficient (Wildman–Crippen LogP) is 5.06. The zero-order valence-electron chi connectivity index (χ0n) is 13.4. The van der Waals surface area contributed by atoms with Crippen molar-refractivity contribution in [3.8, 4) is 0 Å². The highest BCUT2D eigenvalue weighted by Gasteiger charge is 2.17. The number of ketones is 1. The average molecular weight is 309 g/mol. The SMILES string of the molecule is CC(C)CCn1cc(C(=O)c2cccc(F)c2)c2ccccc21. The number of aromatic nitrogens is 1. The molecule has 3 rings (SSSR count). The van der Waals surface area contributed by atoms with Crippen molar-refractivity contribution in [1.29, 1.82) is 0 Å². The molecule has 1 heterocycles. The minimum Gasteiger partial charge on any atom is -0.347 e. The van der Waals surface area contributed by atoms with Gasteiger partial charge in [-0.05, 0) is 30.5 Å². The van der Waals surface area contributed by atoms with Gasteiger partial charge in [0.05, 0.1) is 0 Å². The molecule has 0 amide bonds. The van der Waals surface area contributed by atoms with E-state index in [1.165, 1.54) is 12.1 Å². The van der Waals surface area contributed by atoms with Crippen molar-refractivity contribution in [3.63, 3.8) is 0 Å². The van der Waals surface area contributed by atoms with E-state index in [2.05, 4.69) is 18.4 Å². The summed E-state index contributed by atoms with van der Waals surface area (Å²) in [5, 5.41) is 0.922. The van der Waals surface area contributed by atoms with Gasteiger partial charge in [0.25, 0.3) is 0 Å². The third kappa shape index (κ3) is 3.19. The van der Waals surface area contributed by atoms with Gasteiger partial charge in [0.2, 0.25) is 0 Å². The molecule has 0 fully saturated rings. The van der Waals surface area contributed by atoms with Crippen LogP contribution in [0.25, 0.3) is 10.9 Å². The van der Waals surface area contributed by atoms with E-state index in [-0.39, 0.29) is 11.6 Å². The van der Waals surface area contributed by atoms with E-state index < -0.39 is 0 Å². The highest BCUT2D eigenvalue weighted by atomic mass is 19.1. The molecule has 3 heteroatoms. The summed E-state index contributed by atoms with van der Waals surface area (Å²) in [6.07, 6.45) is 2.95. The first kappa shape index (κ1) is 15.5. The standard InChI is InChI=1S/C20H20FNO/c1-14(2)10-11-22-13-18(17-8-3-4-9-19(17)22)20(23)15-6-5-7-16(21)12-15/h3-9,12-14H,10-11H2,1-2H3. The molecular formula is C20H20FNO. The number of aryl methyl sites for hydroxylation is 1. The summed E-state index contributed by atoms with van der Waals surface area (Å²) >= 11 is 0. The van der Waals surface area contributed by atoms with Gasteiger partial charge >= 0.3 is 0 Å². The quantitative estimate of drug-likeness (QED) is 0.604. The normalized spacial score (nSPS) is 11.3. The Morgan fingerprint density at radius 1 is 1.13 bits per heavy atom. The van der Waals surface area contributed by atoms with Crippen LogP contribution < -0.4 is 0 Å². The molecule has 0 atom stereocenters. The maximum Gasteiger partial charge on any atom is 0.195 e. The van der Waals surface area contributed by atoms with Crippen LogP contribution in [0, 0.1) is 11.7 Å². The molecule has 2 nitrogen and oxygen atoms in total. The van der Waals surface area contributed by atoms with E-state index in [9.17, 15) is 9.18 Å². The summed E-state index contributed by atoms with van der Waals surface area (Å²) < 4.78 is 15.5. The van der Waals surface area contributed by atoms with E-state index in [1.54, 1.807) is 12.1 Å². The minimum atomic E-state index is -0.389. The van der Waals surface area contributed by atoms with Crippen molar-refractivity contribution in [3.05, 3.63) is 71.7 Å². The summed E-state index contributed by atoms with van der Waals surface area (Å²) in [4.78, 5) is 12.8. The molecule has 0 spiro atoms. The highest BCUT2D eigenvalue weighted by molar-refractivity contribution is 6.16. The number of benzene rings is 2. The summed E-state index contributed by atoms with van der Waals surface area (Å²) in [7, 11) is 0. The second kappa shape index (κ2) is 6.37. The van der Waals surface area contributed by atoms with Crippen LogP contribution in [0.3, 0.4) is 0 Å². The number of hydrogen-bond acceptors (Lipinski definition) is 1. The molecule has 0 aliphatic heterocycles. The number of halogens is 1. The Kier molecular flexibility index (Phi) is 4.28. The van der Waals surface area contributed by atoms with Gasteiger partial charge in [0.15, 0.2) is 5.78 Å². The number of para-hydroxylation sites is 1. The van der Waals surface area contributed by atoms with Crippen molar-refractivity contribution in [1.82, 2.24) is 4.57 Å². The number of hydrogen-bond donors (Lipinski definition) is 0. The van der Waals surface area contributed by atoms with Crippen LogP contribution >= 0.6 is 0 Å². The zero-order chi connectivity index (χ0) is 16.4. The second-order valence-electron chi connectivity index (χ2n) is 6.28. The Labute approximate surface area is 135 Å². The molecule has 0 aliphatic carbocycles. The van der Waals surface area contributed by atoms with Crippen LogP contribution in [0.2, 0.25) is 0 Å². The first-order valence-corrected chi connectivity index (χ1v) is 7.94. The number of carbonyl (C=O) groups is 1. The fourth-order valence-electron chi connectivity index (χ4n) is 2.80. The van der Waals surface area contributed by atoms with Crippen LogP contribution in [0.4, 0.5) is 4.39 Å². The Hall–Kier alpha value is -2.42. The van der Waals surface area contributed by atoms with Crippen molar-refractivity contribution in [2.75, 3.05) is 0 Å². The molecule has 1 aromatic heterocycles. The molecule has 118 valence electrons. The molecule has 23 heavy (non-hydrogen) atoms. The first-order valence-electron chi connectivity index (χ1n) is 7.94. The van der Waals surface area contributed by atoms with Crippen LogP contribution in [0.5, 0.6) is 0 Å². The summed E-state index contributed by atoms with van der Waals surface area (Å²) in [5.74, 6) is 0.0712. The van der Waals surface area contributed by atoms with E-state index >= 15 is 0 Å². The van der Waals surface area contributed by atoms with Crippen LogP contribution in [0.1, 0.15) is 36.2 Å². The number of rotatable bonds is 5. The molecule has 0 aliphatic rings. The summed E-state index contributed by atoms with van der Waals surface area (Å²) in [6, 6.07) is 13.8. The first-order chi connectivity index (χ1) is 11.1. The van der Waals surface area contributed by atoms with Gasteiger partial charge in [-0.1, -0.05) is 44.2 Å². The maximum atomic E-state index is 13.4.